The van der Waals surface area contributed by atoms with Crippen LogP contribution in [0.2, 0.25) is 5.02 Å². The fraction of sp³-hybridized carbons (Fsp3) is 0.300. The second-order valence-electron chi connectivity index (χ2n) is 4.03. The molecule has 0 radical (unpaired) electrons. The summed E-state index contributed by atoms with van der Waals surface area (Å²) in [4.78, 5) is 21.8. The molecule has 0 fully saturated rings. The van der Waals surface area contributed by atoms with Crippen molar-refractivity contribution in [2.75, 3.05) is 24.3 Å². The minimum Gasteiger partial charge on any atom is -0.397 e. The number of nitrogens with zero attached hydrogens (tertiary/aromatic N) is 1. The van der Waals surface area contributed by atoms with Crippen LogP contribution in [0.3, 0.4) is 0 Å². The lowest BCUT2D eigenvalue weighted by Gasteiger charge is -2.08. The largest absolute Gasteiger partial charge is 0.397 e. The third-order valence-corrected chi connectivity index (χ3v) is 3.59. The number of rotatable bonds is 5. The molecule has 0 aromatic heterocycles. The zero-order valence-electron chi connectivity index (χ0n) is 10.4. The predicted octanol–water partition coefficient (Wildman–Crippen LogP) is 0.605. The summed E-state index contributed by atoms with van der Waals surface area (Å²) in [5, 5.41) is 12.9. The zero-order chi connectivity index (χ0) is 15.5. The Balaban J connectivity index is 2.95. The lowest BCUT2D eigenvalue weighted by atomic mass is 10.1. The maximum atomic E-state index is 11.8. The first-order valence-corrected chi connectivity index (χ1v) is 7.75. The Bertz CT molecular complexity index is 659. The third-order valence-electron chi connectivity index (χ3n) is 2.33. The number of benzene rings is 1. The molecule has 10 heteroatoms. The molecule has 0 heterocycles. The van der Waals surface area contributed by atoms with E-state index in [1.807, 2.05) is 0 Å². The molecule has 0 bridgehead atoms. The van der Waals surface area contributed by atoms with E-state index in [2.05, 4.69) is 5.32 Å². The maximum Gasteiger partial charge on any atom is 0.271 e. The van der Waals surface area contributed by atoms with Gasteiger partial charge in [-0.15, -0.1) is 0 Å². The first kappa shape index (κ1) is 16.2. The number of hydrogen-bond acceptors (Lipinski definition) is 6. The summed E-state index contributed by atoms with van der Waals surface area (Å²) in [6.45, 7) is -0.128. The van der Waals surface area contributed by atoms with Crippen molar-refractivity contribution in [3.05, 3.63) is 32.8 Å². The summed E-state index contributed by atoms with van der Waals surface area (Å²) in [7, 11) is -3.22. The highest BCUT2D eigenvalue weighted by Crippen LogP contribution is 2.28. The van der Waals surface area contributed by atoms with Gasteiger partial charge in [-0.2, -0.15) is 0 Å². The van der Waals surface area contributed by atoms with E-state index >= 15 is 0 Å². The Labute approximate surface area is 120 Å². The van der Waals surface area contributed by atoms with Gasteiger partial charge in [-0.1, -0.05) is 11.6 Å². The predicted molar refractivity (Wildman–Crippen MR) is 74.6 cm³/mol. The molecule has 1 rings (SSSR count). The van der Waals surface area contributed by atoms with Crippen molar-refractivity contribution in [2.24, 2.45) is 0 Å². The van der Waals surface area contributed by atoms with E-state index in [0.717, 1.165) is 18.4 Å². The van der Waals surface area contributed by atoms with Crippen molar-refractivity contribution in [1.29, 1.82) is 0 Å². The zero-order valence-corrected chi connectivity index (χ0v) is 12.0. The molecular weight excluding hydrogens is 310 g/mol. The molecule has 0 saturated carbocycles. The van der Waals surface area contributed by atoms with Crippen LogP contribution >= 0.6 is 11.6 Å². The van der Waals surface area contributed by atoms with Gasteiger partial charge in [0, 0.05) is 24.9 Å². The average Bonchev–Trinajstić information content (AvgIpc) is 2.30. The van der Waals surface area contributed by atoms with Gasteiger partial charge in [0.25, 0.3) is 11.6 Å². The molecule has 0 aliphatic carbocycles. The summed E-state index contributed by atoms with van der Waals surface area (Å²) in [5.74, 6) is -0.974. The number of nitrogens with one attached hydrogen (secondary N) is 1. The van der Waals surface area contributed by atoms with Crippen molar-refractivity contribution in [2.45, 2.75) is 0 Å². The number of nitrogens with two attached hydrogens (primary N) is 1. The number of nitro groups is 1. The molecule has 3 N–H and O–H groups in total. The van der Waals surface area contributed by atoms with Crippen molar-refractivity contribution in [3.8, 4) is 0 Å². The minimum absolute atomic E-state index is 0.103. The second kappa shape index (κ2) is 6.06. The number of nitro benzene ring substituents is 1. The molecule has 0 unspecified atom stereocenters. The molecule has 0 atom stereocenters. The van der Waals surface area contributed by atoms with E-state index in [-0.39, 0.29) is 34.3 Å². The van der Waals surface area contributed by atoms with Gasteiger partial charge in [0.1, 0.15) is 9.84 Å². The summed E-state index contributed by atoms with van der Waals surface area (Å²) < 4.78 is 21.9. The van der Waals surface area contributed by atoms with Crippen molar-refractivity contribution < 1.29 is 18.1 Å². The van der Waals surface area contributed by atoms with E-state index < -0.39 is 20.7 Å². The molecule has 0 saturated heterocycles. The summed E-state index contributed by atoms with van der Waals surface area (Å²) in [5.41, 5.74) is 4.93. The molecule has 0 spiro atoms. The molecule has 1 aromatic rings. The summed E-state index contributed by atoms with van der Waals surface area (Å²) in [6, 6.07) is 2.02. The number of carbonyl (C=O) groups excluding carboxylic acids is 1. The van der Waals surface area contributed by atoms with Gasteiger partial charge in [0.2, 0.25) is 0 Å². The SMILES string of the molecule is CS(=O)(=O)CCNC(=O)c1cc([N+](=O)[O-])cc(Cl)c1N. The van der Waals surface area contributed by atoms with Crippen LogP contribution in [0.1, 0.15) is 10.4 Å². The van der Waals surface area contributed by atoms with Crippen LogP contribution in [-0.4, -0.2) is 37.8 Å². The van der Waals surface area contributed by atoms with Gasteiger partial charge < -0.3 is 11.1 Å². The van der Waals surface area contributed by atoms with Crippen molar-refractivity contribution >= 4 is 38.7 Å². The molecule has 0 aliphatic heterocycles. The Kier molecular flexibility index (Phi) is 4.90. The number of amides is 1. The summed E-state index contributed by atoms with van der Waals surface area (Å²) >= 11 is 5.71. The van der Waals surface area contributed by atoms with Gasteiger partial charge in [-0.25, -0.2) is 8.42 Å². The molecule has 1 amide bonds. The molecule has 110 valence electrons. The van der Waals surface area contributed by atoms with Crippen LogP contribution in [0, 0.1) is 10.1 Å². The highest BCUT2D eigenvalue weighted by Gasteiger charge is 2.18. The summed E-state index contributed by atoms with van der Waals surface area (Å²) in [6.07, 6.45) is 1.03. The van der Waals surface area contributed by atoms with Gasteiger partial charge in [0.15, 0.2) is 0 Å². The van der Waals surface area contributed by atoms with Crippen LogP contribution in [0.25, 0.3) is 0 Å². The Morgan fingerprint density at radius 2 is 2.10 bits per heavy atom. The van der Waals surface area contributed by atoms with Gasteiger partial charge in [-0.3, -0.25) is 14.9 Å². The van der Waals surface area contributed by atoms with Crippen LogP contribution in [0.4, 0.5) is 11.4 Å². The quantitative estimate of drug-likeness (QED) is 0.463. The van der Waals surface area contributed by atoms with Crippen molar-refractivity contribution in [1.82, 2.24) is 5.32 Å². The highest BCUT2D eigenvalue weighted by atomic mass is 35.5. The number of hydrogen-bond donors (Lipinski definition) is 2. The average molecular weight is 322 g/mol. The van der Waals surface area contributed by atoms with Gasteiger partial charge in [-0.05, 0) is 0 Å². The van der Waals surface area contributed by atoms with Crippen LogP contribution in [0.15, 0.2) is 12.1 Å². The van der Waals surface area contributed by atoms with Crippen molar-refractivity contribution in [3.63, 3.8) is 0 Å². The standard InChI is InChI=1S/C10H12ClN3O5S/c1-20(18,19)3-2-13-10(15)7-4-6(14(16)17)5-8(11)9(7)12/h4-5H,2-3,12H2,1H3,(H,13,15). The maximum absolute atomic E-state index is 11.8. The molecule has 0 aliphatic rings. The fourth-order valence-corrected chi connectivity index (χ4v) is 2.03. The topological polar surface area (TPSA) is 132 Å². The molecule has 20 heavy (non-hydrogen) atoms. The number of nitrogen functional groups attached to an aromatic ring is 1. The monoisotopic (exact) mass is 321 g/mol. The van der Waals surface area contributed by atoms with E-state index in [4.69, 9.17) is 17.3 Å². The first-order valence-electron chi connectivity index (χ1n) is 5.31. The molecular formula is C10H12ClN3O5S. The van der Waals surface area contributed by atoms with Gasteiger partial charge in [0.05, 0.1) is 26.9 Å². The third kappa shape index (κ3) is 4.35. The highest BCUT2D eigenvalue weighted by molar-refractivity contribution is 7.90. The Hall–Kier alpha value is -1.87. The molecule has 8 nitrogen and oxygen atoms in total. The second-order valence-corrected chi connectivity index (χ2v) is 6.70. The number of sulfone groups is 1. The lowest BCUT2D eigenvalue weighted by Crippen LogP contribution is -2.29. The Morgan fingerprint density at radius 3 is 2.60 bits per heavy atom. The fourth-order valence-electron chi connectivity index (χ4n) is 1.34. The molecule has 1 aromatic carbocycles. The van der Waals surface area contributed by atoms with E-state index in [1.165, 1.54) is 0 Å². The van der Waals surface area contributed by atoms with E-state index in [1.54, 1.807) is 0 Å². The Morgan fingerprint density at radius 1 is 1.50 bits per heavy atom. The number of non-ortho nitro benzene ring substituents is 1. The smallest absolute Gasteiger partial charge is 0.271 e. The minimum atomic E-state index is -3.22. The van der Waals surface area contributed by atoms with Gasteiger partial charge >= 0.3 is 0 Å². The first-order chi connectivity index (χ1) is 9.11. The van der Waals surface area contributed by atoms with Crippen LogP contribution in [-0.2, 0) is 9.84 Å². The van der Waals surface area contributed by atoms with Crippen LogP contribution < -0.4 is 11.1 Å². The van der Waals surface area contributed by atoms with Crippen LogP contribution in [0.5, 0.6) is 0 Å². The lowest BCUT2D eigenvalue weighted by molar-refractivity contribution is -0.384. The number of carbonyl (C=O) groups is 1. The number of anilines is 1. The van der Waals surface area contributed by atoms with E-state index in [9.17, 15) is 23.3 Å². The normalized spacial score (nSPS) is 11.1. The number of halogens is 1. The van der Waals surface area contributed by atoms with E-state index in [0.29, 0.717) is 0 Å².